The Morgan fingerprint density at radius 2 is 1.88 bits per heavy atom. The summed E-state index contributed by atoms with van der Waals surface area (Å²) in [6.45, 7) is 3.16. The molecule has 2 aliphatic rings. The molecule has 0 amide bonds. The number of piperidine rings is 1. The quantitative estimate of drug-likeness (QED) is 0.739. The number of hydrogen-bond acceptors (Lipinski definition) is 3. The van der Waals surface area contributed by atoms with Gasteiger partial charge in [-0.05, 0) is 51.1 Å². The molecule has 1 aliphatic carbocycles. The van der Waals surface area contributed by atoms with Gasteiger partial charge in [-0.3, -0.25) is 4.90 Å². The van der Waals surface area contributed by atoms with Crippen LogP contribution in [0.25, 0.3) is 0 Å². The van der Waals surface area contributed by atoms with Gasteiger partial charge < -0.3 is 10.8 Å². The van der Waals surface area contributed by atoms with Gasteiger partial charge in [0.25, 0.3) is 0 Å². The van der Waals surface area contributed by atoms with E-state index in [2.05, 4.69) is 4.90 Å². The average Bonchev–Trinajstić information content (AvgIpc) is 2.55. The molecule has 0 aromatic heterocycles. The molecule has 1 heterocycles. The Labute approximate surface area is 105 Å². The average molecular weight is 240 g/mol. The molecule has 2 fully saturated rings. The fraction of sp³-hybridized carbons (Fsp3) is 1.00. The summed E-state index contributed by atoms with van der Waals surface area (Å²) < 4.78 is 0. The second-order valence-electron chi connectivity index (χ2n) is 5.85. The van der Waals surface area contributed by atoms with Crippen LogP contribution in [0.15, 0.2) is 0 Å². The first-order valence-electron chi connectivity index (χ1n) is 7.43. The van der Waals surface area contributed by atoms with Gasteiger partial charge in [-0.15, -0.1) is 0 Å². The highest BCUT2D eigenvalue weighted by atomic mass is 16.3. The van der Waals surface area contributed by atoms with Crippen LogP contribution in [0.4, 0.5) is 0 Å². The Kier molecular flexibility index (Phi) is 5.26. The van der Waals surface area contributed by atoms with Crippen molar-refractivity contribution in [1.29, 1.82) is 0 Å². The monoisotopic (exact) mass is 240 g/mol. The number of aliphatic hydroxyl groups is 1. The third-order valence-electron chi connectivity index (χ3n) is 4.54. The Balaban J connectivity index is 1.90. The van der Waals surface area contributed by atoms with Gasteiger partial charge in [-0.2, -0.15) is 0 Å². The molecular formula is C14H28N2O. The minimum atomic E-state index is -0.0888. The van der Waals surface area contributed by atoms with Gasteiger partial charge in [0.15, 0.2) is 0 Å². The zero-order chi connectivity index (χ0) is 12.1. The number of nitrogens with two attached hydrogens (primary N) is 1. The summed E-state index contributed by atoms with van der Waals surface area (Å²) in [4.78, 5) is 2.56. The predicted octanol–water partition coefficient (Wildman–Crippen LogP) is 1.74. The van der Waals surface area contributed by atoms with Crippen LogP contribution in [0.3, 0.4) is 0 Å². The molecule has 3 N–H and O–H groups in total. The lowest BCUT2D eigenvalue weighted by atomic mass is 9.92. The second-order valence-corrected chi connectivity index (χ2v) is 5.85. The van der Waals surface area contributed by atoms with Crippen molar-refractivity contribution in [3.8, 4) is 0 Å². The Morgan fingerprint density at radius 1 is 1.06 bits per heavy atom. The highest BCUT2D eigenvalue weighted by Crippen LogP contribution is 2.27. The molecule has 1 saturated carbocycles. The van der Waals surface area contributed by atoms with Gasteiger partial charge in [0.2, 0.25) is 0 Å². The lowest BCUT2D eigenvalue weighted by Crippen LogP contribution is -2.48. The van der Waals surface area contributed by atoms with E-state index in [1.54, 1.807) is 0 Å². The Hall–Kier alpha value is -0.120. The van der Waals surface area contributed by atoms with Crippen LogP contribution in [-0.4, -0.2) is 41.8 Å². The van der Waals surface area contributed by atoms with Crippen LogP contribution in [0.1, 0.15) is 51.4 Å². The molecule has 1 aliphatic heterocycles. The fourth-order valence-electron chi connectivity index (χ4n) is 3.56. The van der Waals surface area contributed by atoms with Crippen molar-refractivity contribution in [1.82, 2.24) is 4.90 Å². The molecule has 0 radical (unpaired) electrons. The van der Waals surface area contributed by atoms with Crippen LogP contribution in [0.2, 0.25) is 0 Å². The van der Waals surface area contributed by atoms with Crippen LogP contribution < -0.4 is 5.73 Å². The fourth-order valence-corrected chi connectivity index (χ4v) is 3.56. The van der Waals surface area contributed by atoms with E-state index < -0.39 is 0 Å². The van der Waals surface area contributed by atoms with E-state index in [9.17, 15) is 5.11 Å². The molecule has 100 valence electrons. The first-order valence-corrected chi connectivity index (χ1v) is 7.43. The summed E-state index contributed by atoms with van der Waals surface area (Å²) in [5.74, 6) is 0.768. The van der Waals surface area contributed by atoms with Crippen LogP contribution in [0, 0.1) is 5.92 Å². The number of rotatable bonds is 3. The van der Waals surface area contributed by atoms with Crippen LogP contribution in [0.5, 0.6) is 0 Å². The molecule has 3 nitrogen and oxygen atoms in total. The molecule has 2 rings (SSSR count). The topological polar surface area (TPSA) is 49.5 Å². The van der Waals surface area contributed by atoms with Crippen LogP contribution in [-0.2, 0) is 0 Å². The zero-order valence-corrected chi connectivity index (χ0v) is 11.0. The van der Waals surface area contributed by atoms with Crippen molar-refractivity contribution in [2.24, 2.45) is 11.7 Å². The summed E-state index contributed by atoms with van der Waals surface area (Å²) in [6, 6.07) is 0.429. The summed E-state index contributed by atoms with van der Waals surface area (Å²) >= 11 is 0. The van der Waals surface area contributed by atoms with E-state index in [1.807, 2.05) is 0 Å². The summed E-state index contributed by atoms with van der Waals surface area (Å²) in [5, 5.41) is 10.3. The first-order chi connectivity index (χ1) is 8.31. The van der Waals surface area contributed by atoms with E-state index >= 15 is 0 Å². The number of hydrogen-bond donors (Lipinski definition) is 2. The molecule has 1 saturated heterocycles. The maximum atomic E-state index is 10.3. The number of likely N-dealkylation sites (tertiary alicyclic amines) is 1. The third-order valence-corrected chi connectivity index (χ3v) is 4.54. The molecular weight excluding hydrogens is 212 g/mol. The van der Waals surface area contributed by atoms with E-state index in [1.165, 1.54) is 51.6 Å². The third kappa shape index (κ3) is 3.67. The standard InChI is InChI=1S/C14H28N2O/c15-9-8-12-5-4-10-16(11-12)13-6-2-1-3-7-14(13)17/h12-14,17H,1-11,15H2. The van der Waals surface area contributed by atoms with E-state index in [0.29, 0.717) is 6.04 Å². The lowest BCUT2D eigenvalue weighted by Gasteiger charge is -2.40. The van der Waals surface area contributed by atoms with Crippen molar-refractivity contribution >= 4 is 0 Å². The van der Waals surface area contributed by atoms with Gasteiger partial charge >= 0.3 is 0 Å². The summed E-state index contributed by atoms with van der Waals surface area (Å²) in [6.07, 6.45) is 9.67. The van der Waals surface area contributed by atoms with E-state index in [4.69, 9.17) is 5.73 Å². The van der Waals surface area contributed by atoms with Gasteiger partial charge in [-0.25, -0.2) is 0 Å². The molecule has 0 bridgehead atoms. The minimum absolute atomic E-state index is 0.0888. The SMILES string of the molecule is NCCC1CCCN(C2CCCCCC2O)C1. The zero-order valence-electron chi connectivity index (χ0n) is 11.0. The molecule has 0 aromatic carbocycles. The van der Waals surface area contributed by atoms with Crippen LogP contribution >= 0.6 is 0 Å². The Morgan fingerprint density at radius 3 is 2.71 bits per heavy atom. The van der Waals surface area contributed by atoms with Gasteiger partial charge in [0, 0.05) is 12.6 Å². The summed E-state index contributed by atoms with van der Waals surface area (Å²) in [5.41, 5.74) is 5.67. The molecule has 3 heteroatoms. The highest BCUT2D eigenvalue weighted by molar-refractivity contribution is 4.85. The van der Waals surface area contributed by atoms with Crippen molar-refractivity contribution < 1.29 is 5.11 Å². The Bertz CT molecular complexity index is 220. The first kappa shape index (κ1) is 13.3. The molecule has 17 heavy (non-hydrogen) atoms. The van der Waals surface area contributed by atoms with Crippen molar-refractivity contribution in [2.75, 3.05) is 19.6 Å². The van der Waals surface area contributed by atoms with E-state index in [-0.39, 0.29) is 6.10 Å². The van der Waals surface area contributed by atoms with Crippen molar-refractivity contribution in [3.05, 3.63) is 0 Å². The van der Waals surface area contributed by atoms with Crippen molar-refractivity contribution in [3.63, 3.8) is 0 Å². The normalized spacial score (nSPS) is 36.7. The minimum Gasteiger partial charge on any atom is -0.391 e. The number of aliphatic hydroxyl groups excluding tert-OH is 1. The predicted molar refractivity (Wildman–Crippen MR) is 70.8 cm³/mol. The van der Waals surface area contributed by atoms with E-state index in [0.717, 1.165) is 25.3 Å². The largest absolute Gasteiger partial charge is 0.391 e. The van der Waals surface area contributed by atoms with Gasteiger partial charge in [0.1, 0.15) is 0 Å². The van der Waals surface area contributed by atoms with Gasteiger partial charge in [-0.1, -0.05) is 19.3 Å². The summed E-state index contributed by atoms with van der Waals surface area (Å²) in [7, 11) is 0. The molecule has 0 spiro atoms. The maximum Gasteiger partial charge on any atom is 0.0695 e. The molecule has 0 aromatic rings. The molecule has 3 atom stereocenters. The number of nitrogens with zero attached hydrogens (tertiary/aromatic N) is 1. The smallest absolute Gasteiger partial charge is 0.0695 e. The lowest BCUT2D eigenvalue weighted by molar-refractivity contribution is 0.0200. The highest BCUT2D eigenvalue weighted by Gasteiger charge is 2.30. The molecule has 3 unspecified atom stereocenters. The second kappa shape index (κ2) is 6.72. The van der Waals surface area contributed by atoms with Crippen molar-refractivity contribution in [2.45, 2.75) is 63.5 Å². The maximum absolute atomic E-state index is 10.3. The van der Waals surface area contributed by atoms with Gasteiger partial charge in [0.05, 0.1) is 6.10 Å².